The molecule has 0 bridgehead atoms. The Kier molecular flexibility index (Phi) is 4.65. The summed E-state index contributed by atoms with van der Waals surface area (Å²) in [6.45, 7) is 5.46. The first-order valence-corrected chi connectivity index (χ1v) is 9.23. The van der Waals surface area contributed by atoms with Crippen molar-refractivity contribution in [2.75, 3.05) is 33.4 Å². The Hall–Kier alpha value is -0.970. The van der Waals surface area contributed by atoms with Crippen molar-refractivity contribution >= 4 is 0 Å². The van der Waals surface area contributed by atoms with Crippen molar-refractivity contribution in [2.45, 2.75) is 44.3 Å². The Bertz CT molecular complexity index is 503. The lowest BCUT2D eigenvalue weighted by Crippen LogP contribution is -2.43. The third-order valence-corrected chi connectivity index (χ3v) is 6.21. The standard InChI is InChI=1S/C19H29N3O/c1-21(12-16-6-2-3-9-20-16)19-7-4-5-15-11-22(13-18(15)19)17-8-10-23-14-17/h2-3,6,9,15,17-19H,4-5,7-8,10-14H2,1H3/t15-,17+,18+,19+/m1/s1. The van der Waals surface area contributed by atoms with Gasteiger partial charge in [-0.2, -0.15) is 0 Å². The van der Waals surface area contributed by atoms with Crippen LogP contribution in [0.5, 0.6) is 0 Å². The number of ether oxygens (including phenoxy) is 1. The summed E-state index contributed by atoms with van der Waals surface area (Å²) < 4.78 is 5.62. The van der Waals surface area contributed by atoms with E-state index < -0.39 is 0 Å². The van der Waals surface area contributed by atoms with E-state index in [-0.39, 0.29) is 0 Å². The predicted molar refractivity (Wildman–Crippen MR) is 91.1 cm³/mol. The molecular formula is C19H29N3O. The quantitative estimate of drug-likeness (QED) is 0.853. The molecule has 0 N–H and O–H groups in total. The van der Waals surface area contributed by atoms with E-state index in [0.717, 1.165) is 31.6 Å². The number of hydrogen-bond acceptors (Lipinski definition) is 4. The Morgan fingerprint density at radius 3 is 3.00 bits per heavy atom. The van der Waals surface area contributed by atoms with E-state index in [4.69, 9.17) is 4.74 Å². The molecule has 3 heterocycles. The smallest absolute Gasteiger partial charge is 0.0622 e. The van der Waals surface area contributed by atoms with E-state index in [0.29, 0.717) is 12.1 Å². The normalized spacial score (nSPS) is 34.9. The zero-order valence-electron chi connectivity index (χ0n) is 14.2. The van der Waals surface area contributed by atoms with Gasteiger partial charge in [-0.1, -0.05) is 12.5 Å². The number of pyridine rings is 1. The molecule has 0 radical (unpaired) electrons. The van der Waals surface area contributed by atoms with Crippen LogP contribution in [0.15, 0.2) is 24.4 Å². The number of likely N-dealkylation sites (tertiary alicyclic amines) is 1. The minimum absolute atomic E-state index is 0.683. The maximum Gasteiger partial charge on any atom is 0.0622 e. The average molecular weight is 315 g/mol. The van der Waals surface area contributed by atoms with Crippen LogP contribution in [-0.4, -0.2) is 60.2 Å². The topological polar surface area (TPSA) is 28.6 Å². The summed E-state index contributed by atoms with van der Waals surface area (Å²) in [7, 11) is 2.29. The van der Waals surface area contributed by atoms with Crippen molar-refractivity contribution in [1.82, 2.24) is 14.8 Å². The molecule has 0 amide bonds. The average Bonchev–Trinajstić information content (AvgIpc) is 3.24. The Morgan fingerprint density at radius 2 is 2.22 bits per heavy atom. The van der Waals surface area contributed by atoms with Gasteiger partial charge in [0.15, 0.2) is 0 Å². The van der Waals surface area contributed by atoms with E-state index in [1.165, 1.54) is 44.5 Å². The number of rotatable bonds is 4. The zero-order valence-corrected chi connectivity index (χ0v) is 14.2. The lowest BCUT2D eigenvalue weighted by molar-refractivity contribution is 0.102. The molecule has 4 heteroatoms. The molecule has 3 aliphatic rings. The first-order chi connectivity index (χ1) is 11.3. The molecule has 1 aromatic heterocycles. The first-order valence-electron chi connectivity index (χ1n) is 9.23. The number of hydrogen-bond donors (Lipinski definition) is 0. The summed E-state index contributed by atoms with van der Waals surface area (Å²) in [6, 6.07) is 7.63. The summed E-state index contributed by atoms with van der Waals surface area (Å²) >= 11 is 0. The minimum atomic E-state index is 0.683. The van der Waals surface area contributed by atoms with Gasteiger partial charge in [0.05, 0.1) is 12.3 Å². The molecular weight excluding hydrogens is 286 g/mol. The molecule has 2 aliphatic heterocycles. The van der Waals surface area contributed by atoms with Gasteiger partial charge in [0.25, 0.3) is 0 Å². The van der Waals surface area contributed by atoms with E-state index >= 15 is 0 Å². The van der Waals surface area contributed by atoms with Crippen LogP contribution in [0.3, 0.4) is 0 Å². The first kappa shape index (κ1) is 15.6. The molecule has 4 rings (SSSR count). The van der Waals surface area contributed by atoms with Gasteiger partial charge in [0, 0.05) is 44.5 Å². The minimum Gasteiger partial charge on any atom is -0.380 e. The highest BCUT2D eigenvalue weighted by Crippen LogP contribution is 2.40. The van der Waals surface area contributed by atoms with Crippen molar-refractivity contribution in [3.05, 3.63) is 30.1 Å². The maximum absolute atomic E-state index is 5.62. The van der Waals surface area contributed by atoms with Gasteiger partial charge in [0.1, 0.15) is 0 Å². The van der Waals surface area contributed by atoms with Crippen LogP contribution in [0.25, 0.3) is 0 Å². The third-order valence-electron chi connectivity index (χ3n) is 6.21. The van der Waals surface area contributed by atoms with Gasteiger partial charge in [0.2, 0.25) is 0 Å². The summed E-state index contributed by atoms with van der Waals surface area (Å²) in [5.41, 5.74) is 1.19. The predicted octanol–water partition coefficient (Wildman–Crippen LogP) is 2.40. The van der Waals surface area contributed by atoms with Crippen molar-refractivity contribution in [1.29, 1.82) is 0 Å². The third kappa shape index (κ3) is 3.30. The van der Waals surface area contributed by atoms with Gasteiger partial charge in [-0.05, 0) is 50.3 Å². The second-order valence-electron chi connectivity index (χ2n) is 7.63. The Labute approximate surface area is 139 Å². The molecule has 4 atom stereocenters. The van der Waals surface area contributed by atoms with Crippen LogP contribution in [-0.2, 0) is 11.3 Å². The van der Waals surface area contributed by atoms with Crippen LogP contribution < -0.4 is 0 Å². The fraction of sp³-hybridized carbons (Fsp3) is 0.737. The van der Waals surface area contributed by atoms with E-state index in [1.54, 1.807) is 0 Å². The van der Waals surface area contributed by atoms with E-state index in [9.17, 15) is 0 Å². The molecule has 1 aliphatic carbocycles. The highest BCUT2D eigenvalue weighted by molar-refractivity contribution is 5.04. The SMILES string of the molecule is CN(Cc1ccccn1)[C@H]1CCC[C@@H]2CN([C@H]3CCOC3)C[C@@H]21. The maximum atomic E-state index is 5.62. The highest BCUT2D eigenvalue weighted by atomic mass is 16.5. The fourth-order valence-corrected chi connectivity index (χ4v) is 5.00. The molecule has 3 fully saturated rings. The molecule has 0 aromatic carbocycles. The van der Waals surface area contributed by atoms with Gasteiger partial charge < -0.3 is 4.74 Å². The Morgan fingerprint density at radius 1 is 1.26 bits per heavy atom. The molecule has 23 heavy (non-hydrogen) atoms. The van der Waals surface area contributed by atoms with Crippen molar-refractivity contribution in [2.24, 2.45) is 11.8 Å². The van der Waals surface area contributed by atoms with Crippen LogP contribution >= 0.6 is 0 Å². The van der Waals surface area contributed by atoms with Crippen LogP contribution in [0.2, 0.25) is 0 Å². The lowest BCUT2D eigenvalue weighted by Gasteiger charge is -2.39. The second-order valence-corrected chi connectivity index (χ2v) is 7.63. The molecule has 126 valence electrons. The van der Waals surface area contributed by atoms with Gasteiger partial charge in [-0.25, -0.2) is 0 Å². The van der Waals surface area contributed by atoms with Gasteiger partial charge >= 0.3 is 0 Å². The molecule has 0 unspecified atom stereocenters. The molecule has 1 saturated carbocycles. The van der Waals surface area contributed by atoms with Gasteiger partial charge in [-0.15, -0.1) is 0 Å². The summed E-state index contributed by atoms with van der Waals surface area (Å²) in [5, 5.41) is 0. The monoisotopic (exact) mass is 315 g/mol. The molecule has 0 spiro atoms. The lowest BCUT2D eigenvalue weighted by atomic mass is 9.77. The summed E-state index contributed by atoms with van der Waals surface area (Å²) in [5.74, 6) is 1.72. The van der Waals surface area contributed by atoms with Gasteiger partial charge in [-0.3, -0.25) is 14.8 Å². The fourth-order valence-electron chi connectivity index (χ4n) is 5.00. The molecule has 1 aromatic rings. The van der Waals surface area contributed by atoms with Crippen LogP contribution in [0.1, 0.15) is 31.4 Å². The van der Waals surface area contributed by atoms with Crippen molar-refractivity contribution in [3.8, 4) is 0 Å². The van der Waals surface area contributed by atoms with Crippen molar-refractivity contribution < 1.29 is 4.74 Å². The second kappa shape index (κ2) is 6.88. The molecule has 4 nitrogen and oxygen atoms in total. The number of fused-ring (bicyclic) bond motifs is 1. The summed E-state index contributed by atoms with van der Waals surface area (Å²) in [4.78, 5) is 9.80. The summed E-state index contributed by atoms with van der Waals surface area (Å²) in [6.07, 6.45) is 7.29. The largest absolute Gasteiger partial charge is 0.380 e. The van der Waals surface area contributed by atoms with E-state index in [1.807, 2.05) is 12.3 Å². The highest BCUT2D eigenvalue weighted by Gasteiger charge is 2.43. The number of nitrogens with zero attached hydrogens (tertiary/aromatic N) is 3. The van der Waals surface area contributed by atoms with Crippen molar-refractivity contribution in [3.63, 3.8) is 0 Å². The Balaban J connectivity index is 1.42. The van der Waals surface area contributed by atoms with Crippen LogP contribution in [0.4, 0.5) is 0 Å². The molecule has 2 saturated heterocycles. The zero-order chi connectivity index (χ0) is 15.6. The van der Waals surface area contributed by atoms with Crippen LogP contribution in [0, 0.1) is 11.8 Å². The number of aromatic nitrogens is 1. The van der Waals surface area contributed by atoms with E-state index in [2.05, 4.69) is 34.0 Å².